The van der Waals surface area contributed by atoms with Gasteiger partial charge in [-0.15, -0.1) is 0 Å². The van der Waals surface area contributed by atoms with E-state index in [0.29, 0.717) is 12.8 Å². The van der Waals surface area contributed by atoms with Crippen molar-refractivity contribution in [3.8, 4) is 22.4 Å². The zero-order valence-corrected chi connectivity index (χ0v) is 19.7. The van der Waals surface area contributed by atoms with E-state index in [2.05, 4.69) is 22.4 Å². The number of nitrogens with one attached hydrogen (secondary N) is 1. The highest BCUT2D eigenvalue weighted by atomic mass is 16.2. The number of rotatable bonds is 9. The van der Waals surface area contributed by atoms with Crippen molar-refractivity contribution in [2.24, 2.45) is 5.73 Å². The Morgan fingerprint density at radius 1 is 0.743 bits per heavy atom. The first kappa shape index (κ1) is 24.0. The molecule has 0 unspecified atom stereocenters. The Morgan fingerprint density at radius 2 is 1.31 bits per heavy atom. The Kier molecular flexibility index (Phi) is 7.81. The number of aromatic nitrogens is 1. The molecule has 0 radical (unpaired) electrons. The van der Waals surface area contributed by atoms with Gasteiger partial charge in [0.15, 0.2) is 5.78 Å². The number of benzene rings is 3. The molecule has 1 amide bonds. The summed E-state index contributed by atoms with van der Waals surface area (Å²) in [6, 6.07) is 30.5. The number of nitrogens with two attached hydrogens (primary N) is 1. The smallest absolute Gasteiger partial charge is 0.237 e. The molecule has 1 heterocycles. The van der Waals surface area contributed by atoms with E-state index in [0.717, 1.165) is 33.5 Å². The van der Waals surface area contributed by atoms with Crippen molar-refractivity contribution in [2.75, 3.05) is 0 Å². The van der Waals surface area contributed by atoms with E-state index in [1.54, 1.807) is 6.20 Å². The Balaban J connectivity index is 1.35. The van der Waals surface area contributed by atoms with Crippen LogP contribution in [-0.2, 0) is 22.4 Å². The average Bonchev–Trinajstić information content (AvgIpc) is 2.90. The highest BCUT2D eigenvalue weighted by Crippen LogP contribution is 2.20. The fourth-order valence-corrected chi connectivity index (χ4v) is 3.95. The number of carbonyl (C=O) groups is 2. The molecule has 0 spiro atoms. The third kappa shape index (κ3) is 6.49. The lowest BCUT2D eigenvalue weighted by molar-refractivity contribution is -0.127. The molecule has 5 heteroatoms. The monoisotopic (exact) mass is 463 g/mol. The molecule has 4 rings (SSSR count). The van der Waals surface area contributed by atoms with Crippen molar-refractivity contribution >= 4 is 11.7 Å². The fraction of sp³-hybridized carbons (Fsp3) is 0.167. The third-order valence-corrected chi connectivity index (χ3v) is 5.99. The molecule has 3 N–H and O–H groups in total. The van der Waals surface area contributed by atoms with Gasteiger partial charge in [-0.1, -0.05) is 91.0 Å². The number of pyridine rings is 1. The topological polar surface area (TPSA) is 85.1 Å². The molecule has 176 valence electrons. The predicted molar refractivity (Wildman–Crippen MR) is 140 cm³/mol. The van der Waals surface area contributed by atoms with Crippen LogP contribution in [0.1, 0.15) is 18.1 Å². The largest absolute Gasteiger partial charge is 0.345 e. The van der Waals surface area contributed by atoms with Gasteiger partial charge in [-0.25, -0.2) is 0 Å². The molecule has 2 atom stereocenters. The van der Waals surface area contributed by atoms with Gasteiger partial charge in [0.05, 0.1) is 17.8 Å². The number of hydrogen-bond acceptors (Lipinski definition) is 4. The second kappa shape index (κ2) is 11.4. The van der Waals surface area contributed by atoms with Crippen molar-refractivity contribution < 1.29 is 9.59 Å². The molecule has 0 saturated heterocycles. The highest BCUT2D eigenvalue weighted by molar-refractivity contribution is 5.90. The summed E-state index contributed by atoms with van der Waals surface area (Å²) < 4.78 is 0. The molecule has 3 aromatic carbocycles. The van der Waals surface area contributed by atoms with Gasteiger partial charge in [0, 0.05) is 18.2 Å². The van der Waals surface area contributed by atoms with Gasteiger partial charge >= 0.3 is 0 Å². The Bertz CT molecular complexity index is 1250. The molecule has 0 aliphatic rings. The quantitative estimate of drug-likeness (QED) is 0.380. The van der Waals surface area contributed by atoms with Gasteiger partial charge in [-0.2, -0.15) is 0 Å². The van der Waals surface area contributed by atoms with Gasteiger partial charge in [-0.05, 0) is 41.7 Å². The van der Waals surface area contributed by atoms with Gasteiger partial charge in [0.1, 0.15) is 0 Å². The van der Waals surface area contributed by atoms with Gasteiger partial charge < -0.3 is 11.1 Å². The first-order valence-electron chi connectivity index (χ1n) is 11.7. The lowest BCUT2D eigenvalue weighted by Crippen LogP contribution is -2.49. The first-order valence-corrected chi connectivity index (χ1v) is 11.7. The molecule has 5 nitrogen and oxygen atoms in total. The molecule has 0 aliphatic heterocycles. The minimum atomic E-state index is -0.752. The van der Waals surface area contributed by atoms with Crippen molar-refractivity contribution in [3.05, 3.63) is 114 Å². The maximum absolute atomic E-state index is 12.8. The minimum Gasteiger partial charge on any atom is -0.345 e. The summed E-state index contributed by atoms with van der Waals surface area (Å²) in [6.45, 7) is 1.48. The zero-order valence-electron chi connectivity index (χ0n) is 19.7. The van der Waals surface area contributed by atoms with Crippen LogP contribution >= 0.6 is 0 Å². The summed E-state index contributed by atoms with van der Waals surface area (Å²) in [5.74, 6) is -0.462. The van der Waals surface area contributed by atoms with E-state index in [4.69, 9.17) is 5.73 Å². The van der Waals surface area contributed by atoms with Crippen LogP contribution in [0.25, 0.3) is 22.4 Å². The Morgan fingerprint density at radius 3 is 1.89 bits per heavy atom. The van der Waals surface area contributed by atoms with Crippen molar-refractivity contribution in [1.82, 2.24) is 10.3 Å². The van der Waals surface area contributed by atoms with Crippen molar-refractivity contribution in [3.63, 3.8) is 0 Å². The number of ketones is 1. The maximum Gasteiger partial charge on any atom is 0.237 e. The summed E-state index contributed by atoms with van der Waals surface area (Å²) in [5.41, 5.74) is 12.2. The van der Waals surface area contributed by atoms with Crippen LogP contribution in [0.3, 0.4) is 0 Å². The number of carbonyl (C=O) groups excluding carboxylic acids is 2. The second-order valence-electron chi connectivity index (χ2n) is 8.67. The van der Waals surface area contributed by atoms with Crippen LogP contribution in [0.5, 0.6) is 0 Å². The number of amides is 1. The predicted octanol–water partition coefficient (Wildman–Crippen LogP) is 4.60. The number of nitrogens with zero attached hydrogens (tertiary/aromatic N) is 1. The third-order valence-electron chi connectivity index (χ3n) is 5.99. The van der Waals surface area contributed by atoms with Crippen molar-refractivity contribution in [1.29, 1.82) is 0 Å². The summed E-state index contributed by atoms with van der Waals surface area (Å²) in [5, 5.41) is 2.83. The Labute approximate surface area is 206 Å². The average molecular weight is 464 g/mol. The van der Waals surface area contributed by atoms with Crippen LogP contribution in [0, 0.1) is 0 Å². The minimum absolute atomic E-state index is 0.120. The van der Waals surface area contributed by atoms with E-state index in [1.807, 2.05) is 84.9 Å². The molecular formula is C30H29N3O2. The molecule has 4 aromatic rings. The summed E-state index contributed by atoms with van der Waals surface area (Å²) in [6.07, 6.45) is 2.50. The van der Waals surface area contributed by atoms with Crippen LogP contribution in [0.4, 0.5) is 0 Å². The van der Waals surface area contributed by atoms with Gasteiger partial charge in [-0.3, -0.25) is 14.6 Å². The highest BCUT2D eigenvalue weighted by Gasteiger charge is 2.22. The lowest BCUT2D eigenvalue weighted by Gasteiger charge is -2.19. The normalized spacial score (nSPS) is 12.5. The first-order chi connectivity index (χ1) is 17.0. The lowest BCUT2D eigenvalue weighted by atomic mass is 9.99. The molecule has 0 saturated carbocycles. The van der Waals surface area contributed by atoms with E-state index in [1.165, 1.54) is 6.92 Å². The molecular weight excluding hydrogens is 434 g/mol. The van der Waals surface area contributed by atoms with Crippen LogP contribution < -0.4 is 11.1 Å². The fourth-order valence-electron chi connectivity index (χ4n) is 3.95. The molecule has 0 fully saturated rings. The van der Waals surface area contributed by atoms with E-state index < -0.39 is 12.1 Å². The molecule has 35 heavy (non-hydrogen) atoms. The SMILES string of the molecule is CC(=O)[C@H](Cc1ccc(-c2ccccc2)nc1)NC(=O)[C@@H](N)Cc1ccc(-c2ccccc2)cc1. The zero-order chi connectivity index (χ0) is 24.6. The van der Waals surface area contributed by atoms with Crippen LogP contribution in [-0.4, -0.2) is 28.8 Å². The van der Waals surface area contributed by atoms with Crippen molar-refractivity contribution in [2.45, 2.75) is 31.8 Å². The van der Waals surface area contributed by atoms with Gasteiger partial charge in [0.2, 0.25) is 5.91 Å². The van der Waals surface area contributed by atoms with Gasteiger partial charge in [0.25, 0.3) is 0 Å². The summed E-state index contributed by atoms with van der Waals surface area (Å²) in [7, 11) is 0. The number of hydrogen-bond donors (Lipinski definition) is 2. The van der Waals surface area contributed by atoms with E-state index in [-0.39, 0.29) is 11.7 Å². The number of Topliss-reactive ketones (excluding diaryl/α,β-unsaturated/α-hetero) is 1. The van der Waals surface area contributed by atoms with E-state index in [9.17, 15) is 9.59 Å². The maximum atomic E-state index is 12.8. The molecule has 0 aliphatic carbocycles. The standard InChI is InChI=1S/C30H29N3O2/c1-21(34)29(19-23-14-17-28(32-20-23)26-10-6-3-7-11-26)33-30(35)27(31)18-22-12-15-25(16-13-22)24-8-4-2-5-9-24/h2-17,20,27,29H,18-19,31H2,1H3,(H,33,35)/t27-,29-/m0/s1. The Hall–Kier alpha value is -4.09. The molecule has 0 bridgehead atoms. The van der Waals surface area contributed by atoms with Crippen LogP contribution in [0.2, 0.25) is 0 Å². The second-order valence-corrected chi connectivity index (χ2v) is 8.67. The van der Waals surface area contributed by atoms with E-state index >= 15 is 0 Å². The summed E-state index contributed by atoms with van der Waals surface area (Å²) in [4.78, 5) is 29.5. The molecule has 1 aromatic heterocycles. The summed E-state index contributed by atoms with van der Waals surface area (Å²) >= 11 is 0. The van der Waals surface area contributed by atoms with Crippen LogP contribution in [0.15, 0.2) is 103 Å².